The molecule has 2 heterocycles. The highest BCUT2D eigenvalue weighted by atomic mass is 19.1. The van der Waals surface area contributed by atoms with E-state index in [0.717, 1.165) is 5.56 Å². The van der Waals surface area contributed by atoms with Gasteiger partial charge in [0.15, 0.2) is 0 Å². The fourth-order valence-corrected chi connectivity index (χ4v) is 1.19. The molecule has 0 saturated heterocycles. The highest BCUT2D eigenvalue weighted by molar-refractivity contribution is 5.38. The Kier molecular flexibility index (Phi) is 2.69. The Labute approximate surface area is 92.9 Å². The van der Waals surface area contributed by atoms with Crippen LogP contribution in [0.1, 0.15) is 16.8 Å². The second kappa shape index (κ2) is 4.15. The van der Waals surface area contributed by atoms with Crippen molar-refractivity contribution in [1.29, 1.82) is 0 Å². The van der Waals surface area contributed by atoms with Crippen molar-refractivity contribution in [2.75, 3.05) is 0 Å². The van der Waals surface area contributed by atoms with Crippen molar-refractivity contribution in [2.45, 2.75) is 6.92 Å². The molecule has 80 valence electrons. The largest absolute Gasteiger partial charge is 0.275 e. The van der Waals surface area contributed by atoms with Crippen LogP contribution < -0.4 is 0 Å². The summed E-state index contributed by atoms with van der Waals surface area (Å²) in [6.45, 7) is 1.67. The van der Waals surface area contributed by atoms with Crippen molar-refractivity contribution in [3.63, 3.8) is 0 Å². The third kappa shape index (κ3) is 2.26. The first-order chi connectivity index (χ1) is 7.65. The maximum absolute atomic E-state index is 13.2. The summed E-state index contributed by atoms with van der Waals surface area (Å²) in [6.07, 6.45) is 4.91. The van der Waals surface area contributed by atoms with E-state index < -0.39 is 0 Å². The molecule has 2 aromatic rings. The summed E-state index contributed by atoms with van der Waals surface area (Å²) in [5.41, 5.74) is 1.73. The summed E-state index contributed by atoms with van der Waals surface area (Å²) in [5.74, 6) is 5.37. The van der Waals surface area contributed by atoms with Gasteiger partial charge < -0.3 is 0 Å². The number of halogens is 1. The average Bonchev–Trinajstić information content (AvgIpc) is 2.66. The molecule has 0 aliphatic rings. The van der Waals surface area contributed by atoms with Crippen LogP contribution >= 0.6 is 0 Å². The molecule has 4 heteroatoms. The molecule has 0 unspecified atom stereocenters. The molecule has 16 heavy (non-hydrogen) atoms. The van der Waals surface area contributed by atoms with E-state index in [2.05, 4.69) is 21.9 Å². The first-order valence-electron chi connectivity index (χ1n) is 4.78. The van der Waals surface area contributed by atoms with E-state index in [9.17, 15) is 4.39 Å². The molecule has 0 bridgehead atoms. The second-order valence-electron chi connectivity index (χ2n) is 3.47. The van der Waals surface area contributed by atoms with Crippen molar-refractivity contribution in [2.24, 2.45) is 7.05 Å². The van der Waals surface area contributed by atoms with Crippen LogP contribution in [-0.4, -0.2) is 14.8 Å². The molecule has 0 atom stereocenters. The Balaban J connectivity index is 2.27. The number of rotatable bonds is 0. The molecule has 0 radical (unpaired) electrons. The molecular formula is C12H10FN3. The normalized spacial score (nSPS) is 9.69. The number of hydrogen-bond acceptors (Lipinski definition) is 2. The minimum atomic E-state index is -0.287. The van der Waals surface area contributed by atoms with Gasteiger partial charge in [0.1, 0.15) is 11.5 Å². The predicted molar refractivity (Wildman–Crippen MR) is 58.1 cm³/mol. The van der Waals surface area contributed by atoms with Crippen LogP contribution in [0.15, 0.2) is 24.7 Å². The van der Waals surface area contributed by atoms with Gasteiger partial charge in [-0.25, -0.2) is 9.37 Å². The van der Waals surface area contributed by atoms with E-state index >= 15 is 0 Å². The van der Waals surface area contributed by atoms with Gasteiger partial charge in [-0.15, -0.1) is 0 Å². The summed E-state index contributed by atoms with van der Waals surface area (Å²) in [7, 11) is 1.81. The predicted octanol–water partition coefficient (Wildman–Crippen LogP) is 1.66. The molecule has 2 rings (SSSR count). The van der Waals surface area contributed by atoms with Crippen LogP contribution in [0.5, 0.6) is 0 Å². The second-order valence-corrected chi connectivity index (χ2v) is 3.47. The minimum absolute atomic E-state index is 0.287. The van der Waals surface area contributed by atoms with E-state index in [4.69, 9.17) is 0 Å². The topological polar surface area (TPSA) is 30.7 Å². The molecule has 0 saturated carbocycles. The standard InChI is InChI=1S/C12H10FN3/c1-9-6-14-11(5-12(9)13)4-3-10-7-15-16(2)8-10/h5-8H,1-2H3. The number of aromatic nitrogens is 3. The minimum Gasteiger partial charge on any atom is -0.275 e. The fraction of sp³-hybridized carbons (Fsp3) is 0.167. The molecule has 3 nitrogen and oxygen atoms in total. The van der Waals surface area contributed by atoms with Crippen molar-refractivity contribution in [3.05, 3.63) is 47.3 Å². The maximum Gasteiger partial charge on any atom is 0.130 e. The zero-order valence-corrected chi connectivity index (χ0v) is 9.03. The lowest BCUT2D eigenvalue weighted by Crippen LogP contribution is -1.88. The van der Waals surface area contributed by atoms with Crippen LogP contribution in [-0.2, 0) is 7.05 Å². The fourth-order valence-electron chi connectivity index (χ4n) is 1.19. The first-order valence-corrected chi connectivity index (χ1v) is 4.78. The van der Waals surface area contributed by atoms with Gasteiger partial charge >= 0.3 is 0 Å². The van der Waals surface area contributed by atoms with E-state index in [0.29, 0.717) is 11.3 Å². The zero-order chi connectivity index (χ0) is 11.5. The molecule has 0 N–H and O–H groups in total. The molecule has 0 aromatic carbocycles. The SMILES string of the molecule is Cc1cnc(C#Cc2cnn(C)c2)cc1F. The molecule has 0 aliphatic carbocycles. The Hall–Kier alpha value is -2.15. The highest BCUT2D eigenvalue weighted by Gasteiger charge is 1.98. The van der Waals surface area contributed by atoms with Gasteiger partial charge in [0.2, 0.25) is 0 Å². The van der Waals surface area contributed by atoms with Crippen LogP contribution in [0.25, 0.3) is 0 Å². The quantitative estimate of drug-likeness (QED) is 0.626. The van der Waals surface area contributed by atoms with Gasteiger partial charge in [-0.3, -0.25) is 4.68 Å². The molecule has 0 fully saturated rings. The average molecular weight is 215 g/mol. The molecule has 2 aromatic heterocycles. The van der Waals surface area contributed by atoms with Gasteiger partial charge in [0.25, 0.3) is 0 Å². The van der Waals surface area contributed by atoms with Crippen LogP contribution in [0.3, 0.4) is 0 Å². The van der Waals surface area contributed by atoms with Gasteiger partial charge in [0.05, 0.1) is 11.8 Å². The number of pyridine rings is 1. The molecule has 0 amide bonds. The van der Waals surface area contributed by atoms with E-state index in [1.165, 1.54) is 12.3 Å². The summed E-state index contributed by atoms with van der Waals surface area (Å²) in [5, 5.41) is 3.98. The third-order valence-corrected chi connectivity index (χ3v) is 2.08. The Morgan fingerprint density at radius 1 is 1.31 bits per heavy atom. The van der Waals surface area contributed by atoms with Gasteiger partial charge in [-0.2, -0.15) is 5.10 Å². The smallest absolute Gasteiger partial charge is 0.130 e. The zero-order valence-electron chi connectivity index (χ0n) is 9.03. The van der Waals surface area contributed by atoms with Crippen molar-refractivity contribution < 1.29 is 4.39 Å². The maximum atomic E-state index is 13.2. The van der Waals surface area contributed by atoms with Gasteiger partial charge in [-0.1, -0.05) is 5.92 Å². The summed E-state index contributed by atoms with van der Waals surface area (Å²) in [6, 6.07) is 1.33. The third-order valence-electron chi connectivity index (χ3n) is 2.08. The van der Waals surface area contributed by atoms with Crippen LogP contribution in [0.4, 0.5) is 4.39 Å². The van der Waals surface area contributed by atoms with Crippen molar-refractivity contribution >= 4 is 0 Å². The van der Waals surface area contributed by atoms with E-state index in [1.807, 2.05) is 7.05 Å². The van der Waals surface area contributed by atoms with Crippen LogP contribution in [0.2, 0.25) is 0 Å². The summed E-state index contributed by atoms with van der Waals surface area (Å²) in [4.78, 5) is 4.02. The lowest BCUT2D eigenvalue weighted by molar-refractivity contribution is 0.615. The Morgan fingerprint density at radius 2 is 2.12 bits per heavy atom. The molecule has 0 spiro atoms. The molecular weight excluding hydrogens is 205 g/mol. The number of hydrogen-bond donors (Lipinski definition) is 0. The van der Waals surface area contributed by atoms with E-state index in [1.54, 1.807) is 24.0 Å². The monoisotopic (exact) mass is 215 g/mol. The summed E-state index contributed by atoms with van der Waals surface area (Å²) >= 11 is 0. The lowest BCUT2D eigenvalue weighted by Gasteiger charge is -1.94. The van der Waals surface area contributed by atoms with Gasteiger partial charge in [-0.05, 0) is 12.8 Å². The Bertz CT molecular complexity index is 575. The number of aryl methyl sites for hydroxylation is 2. The van der Waals surface area contributed by atoms with Gasteiger partial charge in [0, 0.05) is 31.1 Å². The van der Waals surface area contributed by atoms with E-state index in [-0.39, 0.29) is 5.82 Å². The summed E-state index contributed by atoms with van der Waals surface area (Å²) < 4.78 is 14.8. The number of nitrogens with zero attached hydrogens (tertiary/aromatic N) is 3. The highest BCUT2D eigenvalue weighted by Crippen LogP contribution is 2.05. The van der Waals surface area contributed by atoms with Crippen molar-refractivity contribution in [3.8, 4) is 11.8 Å². The lowest BCUT2D eigenvalue weighted by atomic mass is 10.2. The Morgan fingerprint density at radius 3 is 2.75 bits per heavy atom. The van der Waals surface area contributed by atoms with Crippen LogP contribution in [0, 0.1) is 24.6 Å². The van der Waals surface area contributed by atoms with Crippen molar-refractivity contribution in [1.82, 2.24) is 14.8 Å². The first kappa shape index (κ1) is 10.4. The molecule has 0 aliphatic heterocycles.